The number of fused-ring (bicyclic) bond motifs is 3. The SMILES string of the molecule is Cc1nc(C)nc(-c2ccc3c(c2)c2cc(-c4nc(C)nc(C)n4)ccc2n3-c2ccc(-c3cc(-c4ccccc4)nc(-c4ccccc4)n3)cc2-c2nc(-c3ccccc3)cc(-c3ccccc3)n2)n1. The van der Waals surface area contributed by atoms with Gasteiger partial charge in [0, 0.05) is 55.3 Å². The first kappa shape index (κ1) is 42.8. The number of hydrogen-bond acceptors (Lipinski definition) is 10. The number of aryl methyl sites for hydroxylation is 4. The molecule has 0 N–H and O–H groups in total. The van der Waals surface area contributed by atoms with Gasteiger partial charge in [0.15, 0.2) is 23.3 Å². The van der Waals surface area contributed by atoms with E-state index in [1.165, 1.54) is 0 Å². The van der Waals surface area contributed by atoms with E-state index in [-0.39, 0.29) is 0 Å². The minimum Gasteiger partial charge on any atom is -0.308 e. The molecule has 71 heavy (non-hydrogen) atoms. The second-order valence-electron chi connectivity index (χ2n) is 17.4. The van der Waals surface area contributed by atoms with Gasteiger partial charge in [-0.05, 0) is 88.4 Å². The smallest absolute Gasteiger partial charge is 0.163 e. The third kappa shape index (κ3) is 8.35. The summed E-state index contributed by atoms with van der Waals surface area (Å²) in [5.41, 5.74) is 13.3. The van der Waals surface area contributed by atoms with Crippen LogP contribution in [0.4, 0.5) is 0 Å². The minimum atomic E-state index is 0.554. The van der Waals surface area contributed by atoms with Crippen LogP contribution in [0.5, 0.6) is 0 Å². The van der Waals surface area contributed by atoms with Gasteiger partial charge in [0.1, 0.15) is 23.3 Å². The van der Waals surface area contributed by atoms with Gasteiger partial charge in [-0.25, -0.2) is 49.8 Å². The van der Waals surface area contributed by atoms with E-state index in [1.54, 1.807) is 0 Å². The molecule has 0 atom stereocenters. The second kappa shape index (κ2) is 17.9. The normalized spacial score (nSPS) is 11.4. The van der Waals surface area contributed by atoms with Crippen LogP contribution in [0.15, 0.2) is 188 Å². The third-order valence-electron chi connectivity index (χ3n) is 12.5. The van der Waals surface area contributed by atoms with E-state index >= 15 is 0 Å². The molecule has 0 aliphatic rings. The summed E-state index contributed by atoms with van der Waals surface area (Å²) in [6, 6.07) is 64.3. The van der Waals surface area contributed by atoms with Crippen molar-refractivity contribution in [2.24, 2.45) is 0 Å². The zero-order valence-electron chi connectivity index (χ0n) is 39.3. The summed E-state index contributed by atoms with van der Waals surface area (Å²) in [5, 5.41) is 1.99. The molecule has 0 saturated heterocycles. The molecule has 0 radical (unpaired) electrons. The van der Waals surface area contributed by atoms with Crippen LogP contribution >= 0.6 is 0 Å². The predicted octanol–water partition coefficient (Wildman–Crippen LogP) is 13.3. The Labute approximate surface area is 409 Å². The number of aromatic nitrogens is 11. The van der Waals surface area contributed by atoms with Crippen molar-refractivity contribution >= 4 is 21.8 Å². The van der Waals surface area contributed by atoms with Crippen LogP contribution in [-0.4, -0.2) is 54.4 Å². The number of nitrogens with zero attached hydrogens (tertiary/aromatic N) is 11. The summed E-state index contributed by atoms with van der Waals surface area (Å²) < 4.78 is 2.30. The molecular formula is C60H43N11. The first-order chi connectivity index (χ1) is 34.8. The Bertz CT molecular complexity index is 3710. The van der Waals surface area contributed by atoms with Crippen LogP contribution in [0.2, 0.25) is 0 Å². The summed E-state index contributed by atoms with van der Waals surface area (Å²) in [5.74, 6) is 5.03. The number of rotatable bonds is 9. The van der Waals surface area contributed by atoms with Crippen LogP contribution in [-0.2, 0) is 0 Å². The summed E-state index contributed by atoms with van der Waals surface area (Å²) >= 11 is 0. The Morgan fingerprint density at radius 2 is 0.620 bits per heavy atom. The van der Waals surface area contributed by atoms with E-state index in [0.717, 1.165) is 94.8 Å². The molecular weight excluding hydrogens is 875 g/mol. The maximum atomic E-state index is 5.43. The molecule has 5 heterocycles. The highest BCUT2D eigenvalue weighted by Crippen LogP contribution is 2.41. The molecule has 338 valence electrons. The summed E-state index contributed by atoms with van der Waals surface area (Å²) in [6.45, 7) is 7.57. The van der Waals surface area contributed by atoms with Gasteiger partial charge in [-0.2, -0.15) is 0 Å². The monoisotopic (exact) mass is 917 g/mol. The Morgan fingerprint density at radius 3 is 1.04 bits per heavy atom. The van der Waals surface area contributed by atoms with Crippen molar-refractivity contribution in [2.75, 3.05) is 0 Å². The van der Waals surface area contributed by atoms with Crippen LogP contribution < -0.4 is 0 Å². The molecule has 11 nitrogen and oxygen atoms in total. The summed E-state index contributed by atoms with van der Waals surface area (Å²) in [4.78, 5) is 49.3. The molecule has 0 unspecified atom stereocenters. The molecule has 0 aliphatic carbocycles. The van der Waals surface area contributed by atoms with Crippen molar-refractivity contribution in [2.45, 2.75) is 27.7 Å². The standard InChI is InChI=1S/C60H43N11/c1-36-61-37(2)64-58(63-36)45-26-29-54-47(32-45)48-33-46(59-65-38(3)62-39(4)66-59)27-30-55(48)71(54)56-28-25-44(53-35-50(40-17-9-5-10-18-40)67-57(68-53)43-23-15-8-16-24-43)31-49(56)60-69-51(41-19-11-6-12-20-41)34-52(70-60)42-21-13-7-14-22-42/h5-35H,1-4H3. The molecule has 0 bridgehead atoms. The first-order valence-electron chi connectivity index (χ1n) is 23.4. The lowest BCUT2D eigenvalue weighted by Gasteiger charge is -2.17. The van der Waals surface area contributed by atoms with Gasteiger partial charge >= 0.3 is 0 Å². The molecule has 0 amide bonds. The van der Waals surface area contributed by atoms with Crippen molar-refractivity contribution < 1.29 is 0 Å². The Kier molecular flexibility index (Phi) is 10.8. The lowest BCUT2D eigenvalue weighted by atomic mass is 10.0. The molecule has 12 rings (SSSR count). The van der Waals surface area contributed by atoms with Crippen LogP contribution in [0.25, 0.3) is 118 Å². The minimum absolute atomic E-state index is 0.554. The maximum Gasteiger partial charge on any atom is 0.163 e. The van der Waals surface area contributed by atoms with Gasteiger partial charge in [-0.1, -0.05) is 127 Å². The lowest BCUT2D eigenvalue weighted by Crippen LogP contribution is -2.03. The van der Waals surface area contributed by atoms with Crippen molar-refractivity contribution in [3.63, 3.8) is 0 Å². The fourth-order valence-corrected chi connectivity index (χ4v) is 9.27. The van der Waals surface area contributed by atoms with E-state index in [1.807, 2.05) is 113 Å². The van der Waals surface area contributed by atoms with E-state index in [9.17, 15) is 0 Å². The van der Waals surface area contributed by atoms with E-state index in [2.05, 4.69) is 118 Å². The second-order valence-corrected chi connectivity index (χ2v) is 17.4. The van der Waals surface area contributed by atoms with Gasteiger partial charge in [-0.15, -0.1) is 0 Å². The summed E-state index contributed by atoms with van der Waals surface area (Å²) in [6.07, 6.45) is 0. The molecule has 12 aromatic rings. The fourth-order valence-electron chi connectivity index (χ4n) is 9.27. The van der Waals surface area contributed by atoms with Crippen molar-refractivity contribution in [1.82, 2.24) is 54.4 Å². The van der Waals surface area contributed by atoms with E-state index in [0.29, 0.717) is 46.6 Å². The molecule has 0 fully saturated rings. The molecule has 0 spiro atoms. The van der Waals surface area contributed by atoms with Gasteiger partial charge in [-0.3, -0.25) is 0 Å². The van der Waals surface area contributed by atoms with Gasteiger partial charge in [0.05, 0.1) is 39.5 Å². The molecule has 0 aliphatic heterocycles. The maximum absolute atomic E-state index is 5.43. The zero-order valence-corrected chi connectivity index (χ0v) is 39.3. The largest absolute Gasteiger partial charge is 0.308 e. The van der Waals surface area contributed by atoms with Gasteiger partial charge < -0.3 is 4.57 Å². The Morgan fingerprint density at radius 1 is 0.268 bits per heavy atom. The van der Waals surface area contributed by atoms with Crippen LogP contribution in [0.1, 0.15) is 23.3 Å². The van der Waals surface area contributed by atoms with E-state index in [4.69, 9.17) is 39.9 Å². The Hall–Kier alpha value is -9.48. The molecule has 11 heteroatoms. The average Bonchev–Trinajstić information content (AvgIpc) is 3.73. The van der Waals surface area contributed by atoms with Crippen molar-refractivity contribution in [3.05, 3.63) is 211 Å². The van der Waals surface area contributed by atoms with Crippen LogP contribution in [0, 0.1) is 27.7 Å². The number of benzene rings is 7. The van der Waals surface area contributed by atoms with Gasteiger partial charge in [0.2, 0.25) is 0 Å². The van der Waals surface area contributed by atoms with Gasteiger partial charge in [0.25, 0.3) is 0 Å². The molecule has 5 aromatic heterocycles. The van der Waals surface area contributed by atoms with Crippen molar-refractivity contribution in [1.29, 1.82) is 0 Å². The quantitative estimate of drug-likeness (QED) is 0.138. The topological polar surface area (TPSA) is 134 Å². The molecule has 0 saturated carbocycles. The lowest BCUT2D eigenvalue weighted by molar-refractivity contribution is 0.928. The highest BCUT2D eigenvalue weighted by atomic mass is 15.0. The van der Waals surface area contributed by atoms with E-state index < -0.39 is 0 Å². The average molecular weight is 918 g/mol. The highest BCUT2D eigenvalue weighted by molar-refractivity contribution is 6.12. The highest BCUT2D eigenvalue weighted by Gasteiger charge is 2.23. The zero-order chi connectivity index (χ0) is 48.0. The predicted molar refractivity (Wildman–Crippen MR) is 281 cm³/mol. The first-order valence-corrected chi connectivity index (χ1v) is 23.4. The Balaban J connectivity index is 1.15. The fraction of sp³-hybridized carbons (Fsp3) is 0.0667. The summed E-state index contributed by atoms with van der Waals surface area (Å²) in [7, 11) is 0. The van der Waals surface area contributed by atoms with Crippen LogP contribution in [0.3, 0.4) is 0 Å². The third-order valence-corrected chi connectivity index (χ3v) is 12.5. The molecule has 7 aromatic carbocycles. The number of hydrogen-bond donors (Lipinski definition) is 0. The van der Waals surface area contributed by atoms with Crippen molar-refractivity contribution in [3.8, 4) is 96.3 Å².